The molecule has 2 aromatic rings. The lowest BCUT2D eigenvalue weighted by Gasteiger charge is -2.47. The number of halogens is 3. The van der Waals surface area contributed by atoms with Crippen LogP contribution in [0.5, 0.6) is 17.2 Å². The van der Waals surface area contributed by atoms with Gasteiger partial charge >= 0.3 is 12.1 Å². The molecule has 5 rings (SSSR count). The fourth-order valence-electron chi connectivity index (χ4n) is 6.22. The summed E-state index contributed by atoms with van der Waals surface area (Å²) in [6.07, 6.45) is -12.4. The minimum Gasteiger partial charge on any atom is -0.507 e. The predicted molar refractivity (Wildman–Crippen MR) is 146 cm³/mol. The smallest absolute Gasteiger partial charge is 0.471 e. The van der Waals surface area contributed by atoms with E-state index in [1.807, 2.05) is 0 Å². The summed E-state index contributed by atoms with van der Waals surface area (Å²) in [6, 6.07) is 2.76. The molecular formula is C30H32F3NO11. The number of aromatic hydroxyl groups is 2. The largest absolute Gasteiger partial charge is 0.507 e. The summed E-state index contributed by atoms with van der Waals surface area (Å²) >= 11 is 0. The maximum atomic E-state index is 13.8. The predicted octanol–water partition coefficient (Wildman–Crippen LogP) is 1.93. The number of ether oxygens (including phenoxy) is 3. The summed E-state index contributed by atoms with van der Waals surface area (Å²) in [4.78, 5) is 39.0. The van der Waals surface area contributed by atoms with E-state index in [0.29, 0.717) is 0 Å². The Kier molecular flexibility index (Phi) is 7.94. The molecule has 2 aromatic carbocycles. The molecule has 6 N–H and O–H groups in total. The first-order valence-corrected chi connectivity index (χ1v) is 14.0. The number of benzene rings is 2. The summed E-state index contributed by atoms with van der Waals surface area (Å²) in [7, 11) is 1.28. The highest BCUT2D eigenvalue weighted by Gasteiger charge is 2.53. The Labute approximate surface area is 254 Å². The topological polar surface area (TPSA) is 192 Å². The molecule has 12 nitrogen and oxygen atoms in total. The van der Waals surface area contributed by atoms with Crippen molar-refractivity contribution in [2.24, 2.45) is 0 Å². The number of rotatable bonds is 5. The van der Waals surface area contributed by atoms with Crippen molar-refractivity contribution < 1.29 is 67.3 Å². The van der Waals surface area contributed by atoms with Gasteiger partial charge in [0.15, 0.2) is 12.1 Å². The van der Waals surface area contributed by atoms with Crippen LogP contribution in [0.3, 0.4) is 0 Å². The summed E-state index contributed by atoms with van der Waals surface area (Å²) in [5.74, 6) is -5.44. The van der Waals surface area contributed by atoms with Crippen LogP contribution in [0.4, 0.5) is 13.2 Å². The van der Waals surface area contributed by atoms with Crippen molar-refractivity contribution in [2.45, 2.75) is 88.1 Å². The Balaban J connectivity index is 1.62. The zero-order chi connectivity index (χ0) is 33.4. The van der Waals surface area contributed by atoms with Crippen molar-refractivity contribution in [1.82, 2.24) is 5.32 Å². The number of carbonyl (C=O) groups excluding carboxylic acids is 3. The number of amides is 1. The molecule has 6 atom stereocenters. The van der Waals surface area contributed by atoms with Crippen LogP contribution in [-0.2, 0) is 20.7 Å². The van der Waals surface area contributed by atoms with E-state index in [9.17, 15) is 53.1 Å². The first-order valence-electron chi connectivity index (χ1n) is 14.0. The number of alkyl halides is 3. The summed E-state index contributed by atoms with van der Waals surface area (Å²) in [5, 5.41) is 57.8. The van der Waals surface area contributed by atoms with Crippen molar-refractivity contribution >= 4 is 17.5 Å². The number of aliphatic hydroxyl groups excluding tert-OH is 1. The molecule has 45 heavy (non-hydrogen) atoms. The van der Waals surface area contributed by atoms with Crippen LogP contribution in [0.15, 0.2) is 18.2 Å². The lowest BCUT2D eigenvalue weighted by atomic mass is 9.68. The lowest BCUT2D eigenvalue weighted by molar-refractivity contribution is -0.257. The van der Waals surface area contributed by atoms with E-state index >= 15 is 0 Å². The van der Waals surface area contributed by atoms with E-state index < -0.39 is 107 Å². The maximum absolute atomic E-state index is 13.8. The summed E-state index contributed by atoms with van der Waals surface area (Å²) < 4.78 is 55.8. The molecule has 244 valence electrons. The molecule has 3 aliphatic rings. The summed E-state index contributed by atoms with van der Waals surface area (Å²) in [6.45, 7) is 3.88. The number of phenolic OH excluding ortho intramolecular Hbond substituents is 2. The number of hydrogen-bond donors (Lipinski definition) is 6. The first-order chi connectivity index (χ1) is 20.8. The van der Waals surface area contributed by atoms with Crippen LogP contribution >= 0.6 is 0 Å². The Morgan fingerprint density at radius 2 is 1.73 bits per heavy atom. The second-order valence-corrected chi connectivity index (χ2v) is 12.1. The number of nitrogens with one attached hydrogen (secondary N) is 1. The average Bonchev–Trinajstić information content (AvgIpc) is 2.94. The van der Waals surface area contributed by atoms with Crippen LogP contribution in [0.1, 0.15) is 82.7 Å². The van der Waals surface area contributed by atoms with Gasteiger partial charge in [-0.25, -0.2) is 0 Å². The zero-order valence-corrected chi connectivity index (χ0v) is 24.6. The van der Waals surface area contributed by atoms with Gasteiger partial charge in [-0.3, -0.25) is 14.4 Å². The second kappa shape index (κ2) is 10.9. The van der Waals surface area contributed by atoms with Gasteiger partial charge in [0.05, 0.1) is 53.3 Å². The third kappa shape index (κ3) is 5.31. The van der Waals surface area contributed by atoms with Crippen LogP contribution in [0, 0.1) is 0 Å². The molecule has 1 fully saturated rings. The number of hydrogen-bond acceptors (Lipinski definition) is 11. The molecule has 15 heteroatoms. The zero-order valence-electron chi connectivity index (χ0n) is 24.6. The van der Waals surface area contributed by atoms with Gasteiger partial charge in [0.25, 0.3) is 0 Å². The number of carbonyl (C=O) groups is 3. The molecule has 0 aromatic heterocycles. The third-order valence-electron chi connectivity index (χ3n) is 8.81. The van der Waals surface area contributed by atoms with E-state index in [4.69, 9.17) is 14.2 Å². The van der Waals surface area contributed by atoms with Crippen molar-refractivity contribution in [2.75, 3.05) is 7.11 Å². The minimum atomic E-state index is -5.24. The van der Waals surface area contributed by atoms with E-state index in [1.165, 1.54) is 46.1 Å². The number of fused-ring (bicyclic) bond motifs is 3. The number of aliphatic hydroxyl groups is 3. The van der Waals surface area contributed by atoms with Crippen LogP contribution < -0.4 is 10.1 Å². The van der Waals surface area contributed by atoms with Gasteiger partial charge in [0.1, 0.15) is 23.4 Å². The van der Waals surface area contributed by atoms with E-state index in [2.05, 4.69) is 0 Å². The second-order valence-electron chi connectivity index (χ2n) is 12.1. The molecule has 1 heterocycles. The standard InChI is InChI=1S/C30H32F3NO11/c1-11-22(35)14(34-27(40)30(31,32)33)8-17(44-11)45-16-10-29(42,28(2,3)41)9-13-19(16)26(39)21-20(24(13)37)23(36)12-6-5-7-15(43-4)18(12)25(21)38/h5-7,11,14,16-17,22,35,37,39,41-42H,8-10H2,1-4H3,(H,34,40)/t11-,14-,16-,17-,22+,29-/m0/s1. The van der Waals surface area contributed by atoms with Crippen LogP contribution in [0.25, 0.3) is 0 Å². The number of phenols is 2. The van der Waals surface area contributed by atoms with Crippen molar-refractivity contribution in [3.8, 4) is 17.2 Å². The molecule has 1 aliphatic heterocycles. The molecular weight excluding hydrogens is 607 g/mol. The van der Waals surface area contributed by atoms with Crippen molar-refractivity contribution in [3.05, 3.63) is 51.6 Å². The average molecular weight is 640 g/mol. The molecule has 0 radical (unpaired) electrons. The van der Waals surface area contributed by atoms with Gasteiger partial charge in [-0.05, 0) is 26.8 Å². The highest BCUT2D eigenvalue weighted by Crippen LogP contribution is 2.54. The van der Waals surface area contributed by atoms with Gasteiger partial charge < -0.3 is 45.1 Å². The monoisotopic (exact) mass is 639 g/mol. The number of ketones is 2. The molecule has 0 saturated carbocycles. The Morgan fingerprint density at radius 3 is 2.33 bits per heavy atom. The van der Waals surface area contributed by atoms with Gasteiger partial charge in [-0.1, -0.05) is 12.1 Å². The quantitative estimate of drug-likeness (QED) is 0.224. The number of methoxy groups -OCH3 is 1. The Hall–Kier alpha value is -3.76. The van der Waals surface area contributed by atoms with Gasteiger partial charge in [0, 0.05) is 36.0 Å². The van der Waals surface area contributed by atoms with Gasteiger partial charge in [0.2, 0.25) is 5.78 Å². The summed E-state index contributed by atoms with van der Waals surface area (Å²) in [5.41, 5.74) is -5.73. The molecule has 2 aliphatic carbocycles. The van der Waals surface area contributed by atoms with Crippen molar-refractivity contribution in [1.29, 1.82) is 0 Å². The third-order valence-corrected chi connectivity index (χ3v) is 8.81. The Bertz CT molecular complexity index is 1580. The van der Waals surface area contributed by atoms with Crippen LogP contribution in [0.2, 0.25) is 0 Å². The van der Waals surface area contributed by atoms with E-state index in [0.717, 1.165) is 0 Å². The first kappa shape index (κ1) is 32.6. The van der Waals surface area contributed by atoms with E-state index in [-0.39, 0.29) is 28.0 Å². The molecule has 1 saturated heterocycles. The van der Waals surface area contributed by atoms with Gasteiger partial charge in [-0.15, -0.1) is 0 Å². The highest BCUT2D eigenvalue weighted by atomic mass is 19.4. The van der Waals surface area contributed by atoms with E-state index in [1.54, 1.807) is 5.32 Å². The SMILES string of the molecule is COc1cccc2c1C(=O)c1c(O)c3c(c(O)c1C2=O)C[C@@](O)(C(C)(C)O)C[C@@H]3O[C@H]1C[C@H](NC(=O)C(F)(F)F)[C@H](O)[C@H](C)O1. The molecule has 0 spiro atoms. The Morgan fingerprint density at radius 1 is 1.09 bits per heavy atom. The van der Waals surface area contributed by atoms with Gasteiger partial charge in [-0.2, -0.15) is 13.2 Å². The molecule has 1 amide bonds. The highest BCUT2D eigenvalue weighted by molar-refractivity contribution is 6.31. The fourth-order valence-corrected chi connectivity index (χ4v) is 6.22. The van der Waals surface area contributed by atoms with Crippen molar-refractivity contribution in [3.63, 3.8) is 0 Å². The minimum absolute atomic E-state index is 0.0346. The fraction of sp³-hybridized carbons (Fsp3) is 0.500. The lowest BCUT2D eigenvalue weighted by Crippen LogP contribution is -2.58. The molecule has 0 unspecified atom stereocenters. The maximum Gasteiger partial charge on any atom is 0.471 e. The molecule has 0 bridgehead atoms. The van der Waals surface area contributed by atoms with Crippen LogP contribution in [-0.4, -0.2) is 92.0 Å². The normalized spacial score (nSPS) is 28.2.